The Kier molecular flexibility index (Phi) is 6.65. The van der Waals surface area contributed by atoms with Crippen LogP contribution in [-0.4, -0.2) is 5.91 Å². The highest BCUT2D eigenvalue weighted by atomic mass is 16.1. The van der Waals surface area contributed by atoms with E-state index in [0.29, 0.717) is 6.42 Å². The Morgan fingerprint density at radius 1 is 0.786 bits per heavy atom. The predicted octanol–water partition coefficient (Wildman–Crippen LogP) is 6.09. The normalized spacial score (nSPS) is 12.0. The van der Waals surface area contributed by atoms with Crippen molar-refractivity contribution >= 4 is 5.91 Å². The molecule has 28 heavy (non-hydrogen) atoms. The Morgan fingerprint density at radius 3 is 1.86 bits per heavy atom. The van der Waals surface area contributed by atoms with E-state index in [4.69, 9.17) is 0 Å². The van der Waals surface area contributed by atoms with Crippen molar-refractivity contribution in [3.63, 3.8) is 0 Å². The maximum atomic E-state index is 13.0. The second-order valence-corrected chi connectivity index (χ2v) is 7.45. The molecular formula is C26H29NO. The summed E-state index contributed by atoms with van der Waals surface area (Å²) < 4.78 is 0. The van der Waals surface area contributed by atoms with Gasteiger partial charge in [0.05, 0.1) is 6.04 Å². The smallest absolute Gasteiger partial charge is 0.221 e. The SMILES string of the molecule is CC[C@H](NC(=O)CC(c1ccccc1)c1ccccc1)c1ccc(C)c(C)c1. The molecule has 0 fully saturated rings. The zero-order valence-electron chi connectivity index (χ0n) is 17.0. The summed E-state index contributed by atoms with van der Waals surface area (Å²) in [5.41, 5.74) is 6.05. The molecule has 1 amide bonds. The molecule has 0 aromatic heterocycles. The highest BCUT2D eigenvalue weighted by molar-refractivity contribution is 5.78. The van der Waals surface area contributed by atoms with Crippen molar-refractivity contribution in [3.05, 3.63) is 107 Å². The minimum absolute atomic E-state index is 0.0407. The van der Waals surface area contributed by atoms with E-state index in [-0.39, 0.29) is 17.9 Å². The molecule has 3 rings (SSSR count). The van der Waals surface area contributed by atoms with Crippen LogP contribution < -0.4 is 5.32 Å². The van der Waals surface area contributed by atoms with Crippen molar-refractivity contribution in [1.82, 2.24) is 5.32 Å². The lowest BCUT2D eigenvalue weighted by Gasteiger charge is -2.22. The van der Waals surface area contributed by atoms with E-state index in [2.05, 4.69) is 68.6 Å². The molecule has 144 valence electrons. The lowest BCUT2D eigenvalue weighted by molar-refractivity contribution is -0.122. The zero-order chi connectivity index (χ0) is 19.9. The molecule has 0 aliphatic heterocycles. The largest absolute Gasteiger partial charge is 0.349 e. The molecule has 1 atom stereocenters. The summed E-state index contributed by atoms with van der Waals surface area (Å²) >= 11 is 0. The summed E-state index contributed by atoms with van der Waals surface area (Å²) in [5, 5.41) is 3.26. The predicted molar refractivity (Wildman–Crippen MR) is 116 cm³/mol. The molecule has 0 unspecified atom stereocenters. The van der Waals surface area contributed by atoms with Crippen molar-refractivity contribution in [2.24, 2.45) is 0 Å². The van der Waals surface area contributed by atoms with Gasteiger partial charge in [-0.25, -0.2) is 0 Å². The number of rotatable bonds is 7. The van der Waals surface area contributed by atoms with Crippen LogP contribution in [0.3, 0.4) is 0 Å². The number of nitrogens with one attached hydrogen (secondary N) is 1. The van der Waals surface area contributed by atoms with Gasteiger partial charge in [-0.05, 0) is 48.1 Å². The number of carbonyl (C=O) groups is 1. The Hall–Kier alpha value is -2.87. The number of carbonyl (C=O) groups excluding carboxylic acids is 1. The molecule has 0 radical (unpaired) electrons. The van der Waals surface area contributed by atoms with Gasteiger partial charge < -0.3 is 5.32 Å². The molecule has 0 aliphatic rings. The standard InChI is InChI=1S/C26H29NO/c1-4-25(23-16-15-19(2)20(3)17-23)27-26(28)18-24(21-11-7-5-8-12-21)22-13-9-6-10-14-22/h5-17,24-25H,4,18H2,1-3H3,(H,27,28)/t25-/m0/s1. The third-order valence-electron chi connectivity index (χ3n) is 5.47. The van der Waals surface area contributed by atoms with Crippen LogP contribution in [0.4, 0.5) is 0 Å². The van der Waals surface area contributed by atoms with Gasteiger partial charge >= 0.3 is 0 Å². The molecule has 3 aromatic carbocycles. The Bertz CT molecular complexity index is 863. The van der Waals surface area contributed by atoms with Gasteiger partial charge in [0.15, 0.2) is 0 Å². The molecule has 0 saturated carbocycles. The second kappa shape index (κ2) is 9.36. The fourth-order valence-corrected chi connectivity index (χ4v) is 3.64. The molecule has 0 spiro atoms. The van der Waals surface area contributed by atoms with E-state index >= 15 is 0 Å². The van der Waals surface area contributed by atoms with E-state index in [1.54, 1.807) is 0 Å². The molecule has 2 nitrogen and oxygen atoms in total. The molecule has 0 saturated heterocycles. The van der Waals surface area contributed by atoms with Gasteiger partial charge in [-0.1, -0.05) is 85.8 Å². The maximum absolute atomic E-state index is 13.0. The van der Waals surface area contributed by atoms with Gasteiger partial charge in [0.2, 0.25) is 5.91 Å². The molecule has 0 bridgehead atoms. The van der Waals surface area contributed by atoms with E-state index in [1.807, 2.05) is 36.4 Å². The summed E-state index contributed by atoms with van der Waals surface area (Å²) in [6.45, 7) is 6.35. The first kappa shape index (κ1) is 19.9. The highest BCUT2D eigenvalue weighted by Crippen LogP contribution is 2.28. The minimum atomic E-state index is 0.0407. The molecule has 0 aliphatic carbocycles. The van der Waals surface area contributed by atoms with Crippen LogP contribution in [-0.2, 0) is 4.79 Å². The third kappa shape index (κ3) is 4.89. The average molecular weight is 372 g/mol. The molecular weight excluding hydrogens is 342 g/mol. The fourth-order valence-electron chi connectivity index (χ4n) is 3.64. The monoisotopic (exact) mass is 371 g/mol. The van der Waals surface area contributed by atoms with Gasteiger partial charge in [-0.3, -0.25) is 4.79 Å². The Labute approximate surface area is 168 Å². The highest BCUT2D eigenvalue weighted by Gasteiger charge is 2.20. The molecule has 0 heterocycles. The molecule has 1 N–H and O–H groups in total. The first-order valence-electron chi connectivity index (χ1n) is 10.0. The number of aryl methyl sites for hydroxylation is 2. The van der Waals surface area contributed by atoms with E-state index in [1.165, 1.54) is 27.8 Å². The number of amides is 1. The average Bonchev–Trinajstić information content (AvgIpc) is 2.73. The Balaban J connectivity index is 1.78. The quantitative estimate of drug-likeness (QED) is 0.535. The van der Waals surface area contributed by atoms with Crippen LogP contribution in [0.15, 0.2) is 78.9 Å². The summed E-state index contributed by atoms with van der Waals surface area (Å²) in [6, 6.07) is 27.1. The van der Waals surface area contributed by atoms with Gasteiger partial charge in [0.25, 0.3) is 0 Å². The first-order chi connectivity index (χ1) is 13.6. The summed E-state index contributed by atoms with van der Waals surface area (Å²) in [7, 11) is 0. The van der Waals surface area contributed by atoms with Gasteiger partial charge in [-0.2, -0.15) is 0 Å². The summed E-state index contributed by atoms with van der Waals surface area (Å²) in [5.74, 6) is 0.141. The lowest BCUT2D eigenvalue weighted by atomic mass is 9.88. The van der Waals surface area contributed by atoms with Gasteiger partial charge in [0.1, 0.15) is 0 Å². The van der Waals surface area contributed by atoms with Gasteiger partial charge in [-0.15, -0.1) is 0 Å². The topological polar surface area (TPSA) is 29.1 Å². The number of hydrogen-bond acceptors (Lipinski definition) is 1. The van der Waals surface area contributed by atoms with Crippen LogP contribution in [0.1, 0.15) is 59.5 Å². The van der Waals surface area contributed by atoms with E-state index < -0.39 is 0 Å². The maximum Gasteiger partial charge on any atom is 0.221 e. The van der Waals surface area contributed by atoms with E-state index in [9.17, 15) is 4.79 Å². The molecule has 2 heteroatoms. The van der Waals surface area contributed by atoms with Crippen LogP contribution in [0.2, 0.25) is 0 Å². The summed E-state index contributed by atoms with van der Waals surface area (Å²) in [4.78, 5) is 13.0. The molecule has 3 aromatic rings. The summed E-state index contributed by atoms with van der Waals surface area (Å²) in [6.07, 6.45) is 1.31. The van der Waals surface area contributed by atoms with Crippen molar-refractivity contribution < 1.29 is 4.79 Å². The van der Waals surface area contributed by atoms with Crippen molar-refractivity contribution in [2.45, 2.75) is 45.6 Å². The number of benzene rings is 3. The number of hydrogen-bond donors (Lipinski definition) is 1. The van der Waals surface area contributed by atoms with E-state index in [0.717, 1.165) is 6.42 Å². The van der Waals surface area contributed by atoms with Crippen molar-refractivity contribution in [2.75, 3.05) is 0 Å². The lowest BCUT2D eigenvalue weighted by Crippen LogP contribution is -2.29. The Morgan fingerprint density at radius 2 is 1.36 bits per heavy atom. The fraction of sp³-hybridized carbons (Fsp3) is 0.269. The van der Waals surface area contributed by atoms with Crippen LogP contribution in [0.5, 0.6) is 0 Å². The van der Waals surface area contributed by atoms with Crippen LogP contribution >= 0.6 is 0 Å². The minimum Gasteiger partial charge on any atom is -0.349 e. The van der Waals surface area contributed by atoms with Crippen molar-refractivity contribution in [1.29, 1.82) is 0 Å². The van der Waals surface area contributed by atoms with Crippen molar-refractivity contribution in [3.8, 4) is 0 Å². The first-order valence-corrected chi connectivity index (χ1v) is 10.0. The zero-order valence-corrected chi connectivity index (χ0v) is 17.0. The van der Waals surface area contributed by atoms with Gasteiger partial charge in [0, 0.05) is 12.3 Å². The van der Waals surface area contributed by atoms with Crippen LogP contribution in [0.25, 0.3) is 0 Å². The second-order valence-electron chi connectivity index (χ2n) is 7.45. The third-order valence-corrected chi connectivity index (χ3v) is 5.47. The van der Waals surface area contributed by atoms with Crippen LogP contribution in [0, 0.1) is 13.8 Å².